The van der Waals surface area contributed by atoms with Crippen LogP contribution in [-0.2, 0) is 35.2 Å². The summed E-state index contributed by atoms with van der Waals surface area (Å²) in [5, 5.41) is 12.1. The normalized spacial score (nSPS) is 13.2. The Morgan fingerprint density at radius 3 is 2.00 bits per heavy atom. The van der Waals surface area contributed by atoms with Gasteiger partial charge >= 0.3 is 11.9 Å². The van der Waals surface area contributed by atoms with Crippen molar-refractivity contribution in [2.45, 2.75) is 45.6 Å². The van der Waals surface area contributed by atoms with Crippen molar-refractivity contribution in [2.24, 2.45) is 0 Å². The van der Waals surface area contributed by atoms with Crippen LogP contribution >= 0.6 is 0 Å². The van der Waals surface area contributed by atoms with Gasteiger partial charge in [0, 0.05) is 27.4 Å². The molecule has 3 atom stereocenters. The third-order valence-corrected chi connectivity index (χ3v) is 4.75. The maximum Gasteiger partial charge on any atom is 0.303 e. The number of nitrogens with one attached hydrogen (secondary N) is 1. The number of rotatable bonds is 9. The Kier molecular flexibility index (Phi) is 8.97. The van der Waals surface area contributed by atoms with Gasteiger partial charge in [0.15, 0.2) is 0 Å². The van der Waals surface area contributed by atoms with Crippen molar-refractivity contribution in [3.63, 3.8) is 0 Å². The molecule has 2 N–H and O–H groups in total. The van der Waals surface area contributed by atoms with Gasteiger partial charge in [-0.3, -0.25) is 19.2 Å². The van der Waals surface area contributed by atoms with Gasteiger partial charge in [-0.25, -0.2) is 0 Å². The van der Waals surface area contributed by atoms with E-state index in [-0.39, 0.29) is 12.3 Å². The van der Waals surface area contributed by atoms with E-state index in [1.54, 1.807) is 19.1 Å². The first kappa shape index (κ1) is 25.4. The highest BCUT2D eigenvalue weighted by Crippen LogP contribution is 2.18. The molecule has 9 nitrogen and oxygen atoms in total. The summed E-state index contributed by atoms with van der Waals surface area (Å²) in [5.74, 6) is -3.07. The summed E-state index contributed by atoms with van der Waals surface area (Å²) < 4.78 is 10.3. The Labute approximate surface area is 192 Å². The Morgan fingerprint density at radius 2 is 1.45 bits per heavy atom. The molecular formula is C24H28N2O7. The van der Waals surface area contributed by atoms with Gasteiger partial charge < -0.3 is 24.8 Å². The number of nitrogens with zero attached hydrogens (tertiary/aromatic N) is 1. The zero-order valence-electron chi connectivity index (χ0n) is 19.0. The van der Waals surface area contributed by atoms with E-state index in [4.69, 9.17) is 9.47 Å². The lowest BCUT2D eigenvalue weighted by Crippen LogP contribution is -2.53. The lowest BCUT2D eigenvalue weighted by Gasteiger charge is -2.29. The highest BCUT2D eigenvalue weighted by molar-refractivity contribution is 5.93. The van der Waals surface area contributed by atoms with Crippen LogP contribution in [0.3, 0.4) is 0 Å². The molecule has 0 bridgehead atoms. The molecule has 0 unspecified atom stereocenters. The molecular weight excluding hydrogens is 428 g/mol. The van der Waals surface area contributed by atoms with E-state index in [9.17, 15) is 24.3 Å². The van der Waals surface area contributed by atoms with Crippen molar-refractivity contribution in [3.05, 3.63) is 65.7 Å². The number of phenols is 1. The average molecular weight is 456 g/mol. The zero-order valence-corrected chi connectivity index (χ0v) is 19.0. The predicted molar refractivity (Wildman–Crippen MR) is 119 cm³/mol. The standard InChI is InChI=1S/C24H28N2O7/c1-15(19-10-12-20(29)13-11-19)25-23(30)21(32-16(2)27)22(33-17(3)28)24(31)26(4)14-18-8-6-5-7-9-18/h5-13,15,21-22,29H,14H2,1-4H3,(H,25,30)/t15-,21-,22-/m1/s1. The second-order valence-corrected chi connectivity index (χ2v) is 7.56. The number of carbonyl (C=O) groups is 4. The number of likely N-dealkylation sites (N-methyl/N-ethyl adjacent to an activating group) is 1. The van der Waals surface area contributed by atoms with Crippen LogP contribution in [0, 0.1) is 0 Å². The minimum atomic E-state index is -1.70. The van der Waals surface area contributed by atoms with Crippen LogP contribution in [0.25, 0.3) is 0 Å². The zero-order chi connectivity index (χ0) is 24.5. The largest absolute Gasteiger partial charge is 0.508 e. The first-order valence-corrected chi connectivity index (χ1v) is 10.3. The van der Waals surface area contributed by atoms with Crippen molar-refractivity contribution in [3.8, 4) is 5.75 Å². The van der Waals surface area contributed by atoms with Crippen molar-refractivity contribution in [1.82, 2.24) is 10.2 Å². The molecule has 2 aromatic rings. The molecule has 0 aliphatic carbocycles. The summed E-state index contributed by atoms with van der Waals surface area (Å²) in [4.78, 5) is 50.9. The Hall–Kier alpha value is -3.88. The molecule has 176 valence electrons. The summed E-state index contributed by atoms with van der Waals surface area (Å²) in [7, 11) is 1.49. The molecule has 0 radical (unpaired) electrons. The highest BCUT2D eigenvalue weighted by atomic mass is 16.6. The van der Waals surface area contributed by atoms with Crippen LogP contribution in [0.5, 0.6) is 5.75 Å². The van der Waals surface area contributed by atoms with E-state index in [0.29, 0.717) is 5.56 Å². The number of aromatic hydroxyl groups is 1. The van der Waals surface area contributed by atoms with Crippen molar-refractivity contribution >= 4 is 23.8 Å². The Balaban J connectivity index is 2.26. The monoisotopic (exact) mass is 456 g/mol. The van der Waals surface area contributed by atoms with E-state index >= 15 is 0 Å². The lowest BCUT2D eigenvalue weighted by molar-refractivity contribution is -0.178. The van der Waals surface area contributed by atoms with Crippen LogP contribution in [0.2, 0.25) is 0 Å². The van der Waals surface area contributed by atoms with E-state index in [0.717, 1.165) is 19.4 Å². The molecule has 33 heavy (non-hydrogen) atoms. The van der Waals surface area contributed by atoms with Gasteiger partial charge in [0.05, 0.1) is 6.04 Å². The number of esters is 2. The first-order valence-electron chi connectivity index (χ1n) is 10.3. The second-order valence-electron chi connectivity index (χ2n) is 7.56. The van der Waals surface area contributed by atoms with Crippen LogP contribution in [-0.4, -0.2) is 53.0 Å². The number of hydrogen-bond donors (Lipinski definition) is 2. The molecule has 0 saturated carbocycles. The molecule has 2 aromatic carbocycles. The molecule has 2 amide bonds. The molecule has 0 saturated heterocycles. The molecule has 0 heterocycles. The van der Waals surface area contributed by atoms with Crippen LogP contribution < -0.4 is 5.32 Å². The highest BCUT2D eigenvalue weighted by Gasteiger charge is 2.41. The van der Waals surface area contributed by atoms with Gasteiger partial charge in [-0.1, -0.05) is 42.5 Å². The first-order chi connectivity index (χ1) is 15.6. The topological polar surface area (TPSA) is 122 Å². The fourth-order valence-corrected chi connectivity index (χ4v) is 3.15. The van der Waals surface area contributed by atoms with E-state index in [1.165, 1.54) is 24.1 Å². The minimum Gasteiger partial charge on any atom is -0.508 e. The summed E-state index contributed by atoms with van der Waals surface area (Å²) >= 11 is 0. The Morgan fingerprint density at radius 1 is 0.909 bits per heavy atom. The summed E-state index contributed by atoms with van der Waals surface area (Å²) in [6.45, 7) is 4.06. The SMILES string of the molecule is CC(=O)O[C@@H](C(=O)N[C@H](C)c1ccc(O)cc1)[C@@H](OC(C)=O)C(=O)N(C)Cc1ccccc1. The van der Waals surface area contributed by atoms with Gasteiger partial charge in [0.25, 0.3) is 11.8 Å². The third-order valence-electron chi connectivity index (χ3n) is 4.75. The van der Waals surface area contributed by atoms with Gasteiger partial charge in [-0.15, -0.1) is 0 Å². The van der Waals surface area contributed by atoms with Gasteiger partial charge in [0.2, 0.25) is 12.2 Å². The van der Waals surface area contributed by atoms with E-state index in [1.807, 2.05) is 30.3 Å². The number of amides is 2. The van der Waals surface area contributed by atoms with Gasteiger partial charge in [-0.2, -0.15) is 0 Å². The van der Waals surface area contributed by atoms with Crippen LogP contribution in [0.15, 0.2) is 54.6 Å². The van der Waals surface area contributed by atoms with Gasteiger partial charge in [0.1, 0.15) is 5.75 Å². The molecule has 9 heteroatoms. The molecule has 2 rings (SSSR count). The molecule has 0 aliphatic heterocycles. The predicted octanol–water partition coefficient (Wildman–Crippen LogP) is 2.09. The average Bonchev–Trinajstić information content (AvgIpc) is 2.76. The quantitative estimate of drug-likeness (QED) is 0.554. The van der Waals surface area contributed by atoms with Crippen molar-refractivity contribution in [2.75, 3.05) is 7.05 Å². The second kappa shape index (κ2) is 11.7. The number of hydrogen-bond acceptors (Lipinski definition) is 7. The van der Waals surface area contributed by atoms with E-state index < -0.39 is 42.0 Å². The van der Waals surface area contributed by atoms with Crippen molar-refractivity contribution in [1.29, 1.82) is 0 Å². The number of carbonyl (C=O) groups excluding carboxylic acids is 4. The Bertz CT molecular complexity index is 976. The van der Waals surface area contributed by atoms with E-state index in [2.05, 4.69) is 5.32 Å². The van der Waals surface area contributed by atoms with Crippen LogP contribution in [0.4, 0.5) is 0 Å². The number of ether oxygens (including phenoxy) is 2. The van der Waals surface area contributed by atoms with Crippen molar-refractivity contribution < 1.29 is 33.8 Å². The molecule has 0 fully saturated rings. The molecule has 0 aliphatic rings. The summed E-state index contributed by atoms with van der Waals surface area (Å²) in [5.41, 5.74) is 1.49. The lowest BCUT2D eigenvalue weighted by atomic mass is 10.1. The molecule has 0 aromatic heterocycles. The number of phenolic OH excluding ortho intramolecular Hbond substituents is 1. The maximum atomic E-state index is 13.2. The molecule has 0 spiro atoms. The smallest absolute Gasteiger partial charge is 0.303 e. The summed E-state index contributed by atoms with van der Waals surface area (Å²) in [6.07, 6.45) is -3.37. The third kappa shape index (κ3) is 7.64. The van der Waals surface area contributed by atoms with Gasteiger partial charge in [-0.05, 0) is 30.2 Å². The number of benzene rings is 2. The summed E-state index contributed by atoms with van der Waals surface area (Å²) in [6, 6.07) is 14.7. The van der Waals surface area contributed by atoms with Crippen LogP contribution in [0.1, 0.15) is 37.9 Å². The minimum absolute atomic E-state index is 0.0667. The maximum absolute atomic E-state index is 13.2. The fraction of sp³-hybridized carbons (Fsp3) is 0.333. The fourth-order valence-electron chi connectivity index (χ4n) is 3.15.